The fourth-order valence-electron chi connectivity index (χ4n) is 1.43. The van der Waals surface area contributed by atoms with Crippen molar-refractivity contribution in [1.29, 1.82) is 0 Å². The van der Waals surface area contributed by atoms with Gasteiger partial charge in [-0.25, -0.2) is 0 Å². The van der Waals surface area contributed by atoms with E-state index in [1.165, 1.54) is 7.11 Å². The van der Waals surface area contributed by atoms with Crippen LogP contribution in [0, 0.1) is 0 Å². The van der Waals surface area contributed by atoms with Crippen LogP contribution in [0.5, 0.6) is 5.75 Å². The highest BCUT2D eigenvalue weighted by Crippen LogP contribution is 2.08. The second-order valence-electron chi connectivity index (χ2n) is 3.94. The number of para-hydroxylation sites is 1. The molecular weight excluding hydrogens is 246 g/mol. The summed E-state index contributed by atoms with van der Waals surface area (Å²) in [7, 11) is 1.32. The molecule has 5 nitrogen and oxygen atoms in total. The molecule has 1 aromatic carbocycles. The molecular formula is C14H19NO4. The third-order valence-corrected chi connectivity index (χ3v) is 2.44. The molecule has 0 saturated heterocycles. The van der Waals surface area contributed by atoms with E-state index in [0.29, 0.717) is 26.0 Å². The summed E-state index contributed by atoms with van der Waals surface area (Å²) in [6.07, 6.45) is 1.22. The van der Waals surface area contributed by atoms with Gasteiger partial charge in [0.1, 0.15) is 5.75 Å². The van der Waals surface area contributed by atoms with Gasteiger partial charge in [0.2, 0.25) is 5.91 Å². The number of hydrogen-bond acceptors (Lipinski definition) is 4. The first-order chi connectivity index (χ1) is 9.22. The quantitative estimate of drug-likeness (QED) is 0.572. The van der Waals surface area contributed by atoms with Gasteiger partial charge in [-0.05, 0) is 18.6 Å². The van der Waals surface area contributed by atoms with Gasteiger partial charge in [-0.15, -0.1) is 0 Å². The summed E-state index contributed by atoms with van der Waals surface area (Å²) in [6, 6.07) is 9.46. The summed E-state index contributed by atoms with van der Waals surface area (Å²) in [5.41, 5.74) is 0. The Morgan fingerprint density at radius 2 is 1.89 bits per heavy atom. The molecule has 0 aliphatic heterocycles. The van der Waals surface area contributed by atoms with Crippen LogP contribution >= 0.6 is 0 Å². The lowest BCUT2D eigenvalue weighted by molar-refractivity contribution is -0.140. The number of carbonyl (C=O) groups is 2. The van der Waals surface area contributed by atoms with Crippen LogP contribution in [0.25, 0.3) is 0 Å². The molecule has 0 atom stereocenters. The van der Waals surface area contributed by atoms with Crippen LogP contribution in [0.4, 0.5) is 0 Å². The Balaban J connectivity index is 2.03. The van der Waals surface area contributed by atoms with Gasteiger partial charge < -0.3 is 14.8 Å². The van der Waals surface area contributed by atoms with Crippen molar-refractivity contribution in [2.45, 2.75) is 19.3 Å². The van der Waals surface area contributed by atoms with E-state index in [2.05, 4.69) is 10.1 Å². The number of carbonyl (C=O) groups excluding carboxylic acids is 2. The largest absolute Gasteiger partial charge is 0.494 e. The van der Waals surface area contributed by atoms with Crippen molar-refractivity contribution in [2.24, 2.45) is 0 Å². The van der Waals surface area contributed by atoms with Gasteiger partial charge in [-0.1, -0.05) is 18.2 Å². The number of nitrogens with one attached hydrogen (secondary N) is 1. The van der Waals surface area contributed by atoms with Crippen molar-refractivity contribution in [3.63, 3.8) is 0 Å². The highest BCUT2D eigenvalue weighted by Gasteiger charge is 2.03. The molecule has 1 amide bonds. The van der Waals surface area contributed by atoms with Gasteiger partial charge in [0.05, 0.1) is 20.1 Å². The number of amides is 1. The monoisotopic (exact) mass is 265 g/mol. The van der Waals surface area contributed by atoms with E-state index in [1.807, 2.05) is 30.3 Å². The van der Waals surface area contributed by atoms with Crippen molar-refractivity contribution in [3.8, 4) is 5.75 Å². The van der Waals surface area contributed by atoms with Crippen molar-refractivity contribution < 1.29 is 19.1 Å². The van der Waals surface area contributed by atoms with E-state index in [1.54, 1.807) is 0 Å². The Morgan fingerprint density at radius 1 is 1.16 bits per heavy atom. The van der Waals surface area contributed by atoms with E-state index < -0.39 is 0 Å². The Kier molecular flexibility index (Phi) is 7.09. The number of ether oxygens (including phenoxy) is 2. The van der Waals surface area contributed by atoms with Crippen LogP contribution in [0.3, 0.4) is 0 Å². The lowest BCUT2D eigenvalue weighted by Gasteiger charge is -2.06. The number of methoxy groups -OCH3 is 1. The fourth-order valence-corrected chi connectivity index (χ4v) is 1.43. The van der Waals surface area contributed by atoms with Crippen molar-refractivity contribution in [1.82, 2.24) is 5.32 Å². The molecule has 0 heterocycles. The first-order valence-corrected chi connectivity index (χ1v) is 6.23. The fraction of sp³-hybridized carbons (Fsp3) is 0.429. The van der Waals surface area contributed by atoms with Crippen LogP contribution in [-0.4, -0.2) is 32.1 Å². The average molecular weight is 265 g/mol. The van der Waals surface area contributed by atoms with E-state index in [4.69, 9.17) is 4.74 Å². The number of benzene rings is 1. The molecule has 0 radical (unpaired) electrons. The van der Waals surface area contributed by atoms with E-state index in [-0.39, 0.29) is 18.3 Å². The maximum Gasteiger partial charge on any atom is 0.307 e. The first kappa shape index (κ1) is 15.0. The average Bonchev–Trinajstić information content (AvgIpc) is 2.44. The summed E-state index contributed by atoms with van der Waals surface area (Å²) in [4.78, 5) is 22.2. The maximum atomic E-state index is 11.4. The SMILES string of the molecule is COC(=O)CCNC(=O)CCCOc1ccccc1. The lowest BCUT2D eigenvalue weighted by Crippen LogP contribution is -2.26. The highest BCUT2D eigenvalue weighted by molar-refractivity contribution is 5.76. The zero-order chi connectivity index (χ0) is 13.9. The zero-order valence-electron chi connectivity index (χ0n) is 11.1. The number of hydrogen-bond donors (Lipinski definition) is 1. The minimum Gasteiger partial charge on any atom is -0.494 e. The molecule has 1 rings (SSSR count). The molecule has 0 aromatic heterocycles. The highest BCUT2D eigenvalue weighted by atomic mass is 16.5. The molecule has 1 aromatic rings. The van der Waals surface area contributed by atoms with Gasteiger partial charge in [0, 0.05) is 13.0 Å². The molecule has 19 heavy (non-hydrogen) atoms. The van der Waals surface area contributed by atoms with Gasteiger partial charge in [-0.2, -0.15) is 0 Å². The summed E-state index contributed by atoms with van der Waals surface area (Å²) >= 11 is 0. The van der Waals surface area contributed by atoms with Crippen molar-refractivity contribution in [3.05, 3.63) is 30.3 Å². The van der Waals surface area contributed by atoms with Crippen LogP contribution in [0.1, 0.15) is 19.3 Å². The van der Waals surface area contributed by atoms with Crippen LogP contribution in [-0.2, 0) is 14.3 Å². The normalized spacial score (nSPS) is 9.74. The smallest absolute Gasteiger partial charge is 0.307 e. The Bertz CT molecular complexity index is 392. The molecule has 1 N–H and O–H groups in total. The molecule has 5 heteroatoms. The Labute approximate surface area is 112 Å². The molecule has 0 aliphatic carbocycles. The van der Waals surface area contributed by atoms with Crippen molar-refractivity contribution >= 4 is 11.9 Å². The minimum absolute atomic E-state index is 0.0828. The zero-order valence-corrected chi connectivity index (χ0v) is 11.1. The second kappa shape index (κ2) is 8.97. The topological polar surface area (TPSA) is 64.6 Å². The predicted molar refractivity (Wildman–Crippen MR) is 70.8 cm³/mol. The van der Waals surface area contributed by atoms with E-state index in [0.717, 1.165) is 5.75 Å². The number of esters is 1. The van der Waals surface area contributed by atoms with Gasteiger partial charge >= 0.3 is 5.97 Å². The second-order valence-corrected chi connectivity index (χ2v) is 3.94. The minimum atomic E-state index is -0.326. The third kappa shape index (κ3) is 7.08. The molecule has 104 valence electrons. The van der Waals surface area contributed by atoms with Gasteiger partial charge in [0.15, 0.2) is 0 Å². The Morgan fingerprint density at radius 3 is 2.58 bits per heavy atom. The van der Waals surface area contributed by atoms with E-state index in [9.17, 15) is 9.59 Å². The molecule has 0 unspecified atom stereocenters. The van der Waals surface area contributed by atoms with E-state index >= 15 is 0 Å². The maximum absolute atomic E-state index is 11.4. The van der Waals surface area contributed by atoms with Crippen LogP contribution in [0.15, 0.2) is 30.3 Å². The summed E-state index contributed by atoms with van der Waals surface area (Å²) < 4.78 is 9.93. The molecule has 0 saturated carbocycles. The standard InChI is InChI=1S/C14H19NO4/c1-18-14(17)9-10-15-13(16)8-5-11-19-12-6-3-2-4-7-12/h2-4,6-7H,5,8-11H2,1H3,(H,15,16). The molecule has 0 fully saturated rings. The molecule has 0 bridgehead atoms. The van der Waals surface area contributed by atoms with Crippen LogP contribution in [0.2, 0.25) is 0 Å². The predicted octanol–water partition coefficient (Wildman–Crippen LogP) is 1.52. The molecule has 0 aliphatic rings. The van der Waals surface area contributed by atoms with Crippen LogP contribution < -0.4 is 10.1 Å². The Hall–Kier alpha value is -2.04. The number of rotatable bonds is 8. The first-order valence-electron chi connectivity index (χ1n) is 6.23. The molecule has 0 spiro atoms. The summed E-state index contributed by atoms with van der Waals surface area (Å²) in [5.74, 6) is 0.391. The van der Waals surface area contributed by atoms with Gasteiger partial charge in [-0.3, -0.25) is 9.59 Å². The van der Waals surface area contributed by atoms with Crippen molar-refractivity contribution in [2.75, 3.05) is 20.3 Å². The summed E-state index contributed by atoms with van der Waals surface area (Å²) in [5, 5.41) is 2.65. The summed E-state index contributed by atoms with van der Waals surface area (Å²) in [6.45, 7) is 0.805. The third-order valence-electron chi connectivity index (χ3n) is 2.44. The van der Waals surface area contributed by atoms with Gasteiger partial charge in [0.25, 0.3) is 0 Å². The lowest BCUT2D eigenvalue weighted by atomic mass is 10.3.